The van der Waals surface area contributed by atoms with E-state index in [1.165, 1.54) is 0 Å². The van der Waals surface area contributed by atoms with Gasteiger partial charge in [-0.15, -0.1) is 0 Å². The van der Waals surface area contributed by atoms with E-state index in [1.54, 1.807) is 6.92 Å². The van der Waals surface area contributed by atoms with E-state index in [1.807, 2.05) is 4.90 Å². The number of carboxylic acid groups (broad SMARTS) is 1. The van der Waals surface area contributed by atoms with Gasteiger partial charge in [-0.1, -0.05) is 0 Å². The van der Waals surface area contributed by atoms with E-state index in [4.69, 9.17) is 0 Å². The third-order valence-corrected chi connectivity index (χ3v) is 4.76. The maximum atomic E-state index is 12.6. The Morgan fingerprint density at radius 2 is 1.84 bits per heavy atom. The minimum absolute atomic E-state index is 0.0119. The van der Waals surface area contributed by atoms with Gasteiger partial charge in [-0.3, -0.25) is 9.69 Å². The van der Waals surface area contributed by atoms with Gasteiger partial charge in [0.2, 0.25) is 0 Å². The first-order chi connectivity index (χ1) is 8.75. The average Bonchev–Trinajstić information content (AvgIpc) is 2.72. The van der Waals surface area contributed by atoms with Gasteiger partial charge >= 0.3 is 12.1 Å². The second-order valence-corrected chi connectivity index (χ2v) is 5.92. The Kier molecular flexibility index (Phi) is 3.82. The number of rotatable bonds is 2. The van der Waals surface area contributed by atoms with Crippen molar-refractivity contribution in [3.05, 3.63) is 0 Å². The summed E-state index contributed by atoms with van der Waals surface area (Å²) in [4.78, 5) is 13.3. The van der Waals surface area contributed by atoms with Gasteiger partial charge in [0, 0.05) is 6.04 Å². The second-order valence-electron chi connectivity index (χ2n) is 5.92. The van der Waals surface area contributed by atoms with Crippen LogP contribution in [0.3, 0.4) is 0 Å². The number of halogens is 3. The molecule has 1 N–H and O–H groups in total. The monoisotopic (exact) mass is 279 g/mol. The zero-order chi connectivity index (χ0) is 14.3. The number of nitrogens with zero attached hydrogens (tertiary/aromatic N) is 1. The summed E-state index contributed by atoms with van der Waals surface area (Å²) in [6.45, 7) is 2.38. The minimum Gasteiger partial charge on any atom is -0.480 e. The van der Waals surface area contributed by atoms with Crippen LogP contribution < -0.4 is 0 Å². The molecule has 110 valence electrons. The van der Waals surface area contributed by atoms with Crippen molar-refractivity contribution >= 4 is 5.97 Å². The fraction of sp³-hybridized carbons (Fsp3) is 0.923. The van der Waals surface area contributed by atoms with E-state index < -0.39 is 23.6 Å². The third kappa shape index (κ3) is 2.73. The topological polar surface area (TPSA) is 40.5 Å². The van der Waals surface area contributed by atoms with Crippen LogP contribution in [-0.2, 0) is 4.79 Å². The Labute approximate surface area is 110 Å². The van der Waals surface area contributed by atoms with Crippen LogP contribution in [0.4, 0.5) is 13.2 Å². The summed E-state index contributed by atoms with van der Waals surface area (Å²) in [7, 11) is 0. The summed E-state index contributed by atoms with van der Waals surface area (Å²) in [5, 5.41) is 9.33. The zero-order valence-corrected chi connectivity index (χ0v) is 11.0. The van der Waals surface area contributed by atoms with Gasteiger partial charge in [-0.25, -0.2) is 0 Å². The van der Waals surface area contributed by atoms with Gasteiger partial charge in [-0.05, 0) is 52.0 Å². The molecule has 0 spiro atoms. The molecule has 1 unspecified atom stereocenters. The van der Waals surface area contributed by atoms with E-state index in [9.17, 15) is 23.1 Å². The second kappa shape index (κ2) is 4.96. The number of alkyl halides is 3. The van der Waals surface area contributed by atoms with Crippen LogP contribution >= 0.6 is 0 Å². The predicted molar refractivity (Wildman–Crippen MR) is 63.8 cm³/mol. The molecule has 6 heteroatoms. The molecule has 1 heterocycles. The number of carboxylic acids is 1. The Morgan fingerprint density at radius 1 is 1.26 bits per heavy atom. The normalized spacial score (nSPS) is 37.5. The Morgan fingerprint density at radius 3 is 2.32 bits per heavy atom. The van der Waals surface area contributed by atoms with Crippen molar-refractivity contribution in [1.82, 2.24) is 4.90 Å². The standard InChI is InChI=1S/C13H20F3NO2/c1-12(11(18)19)7-2-8-17(12)10-5-3-9(4-6-10)13(14,15)16/h9-10H,2-8H2,1H3,(H,18,19). The summed E-state index contributed by atoms with van der Waals surface area (Å²) < 4.78 is 37.9. The number of hydrogen-bond acceptors (Lipinski definition) is 2. The third-order valence-electron chi connectivity index (χ3n) is 4.76. The molecule has 0 aromatic heterocycles. The van der Waals surface area contributed by atoms with Crippen LogP contribution in [0.15, 0.2) is 0 Å². The maximum Gasteiger partial charge on any atom is 0.391 e. The SMILES string of the molecule is CC1(C(=O)O)CCCN1C1CCC(C(F)(F)F)CC1. The first-order valence-electron chi connectivity index (χ1n) is 6.82. The molecule has 1 saturated carbocycles. The highest BCUT2D eigenvalue weighted by molar-refractivity contribution is 5.78. The van der Waals surface area contributed by atoms with Crippen molar-refractivity contribution < 1.29 is 23.1 Å². The first kappa shape index (κ1) is 14.6. The molecule has 2 rings (SSSR count). The molecular weight excluding hydrogens is 259 g/mol. The Balaban J connectivity index is 2.00. The molecule has 0 radical (unpaired) electrons. The lowest BCUT2D eigenvalue weighted by Crippen LogP contribution is -2.53. The maximum absolute atomic E-state index is 12.6. The van der Waals surface area contributed by atoms with Gasteiger partial charge in [0.05, 0.1) is 5.92 Å². The smallest absolute Gasteiger partial charge is 0.391 e. The highest BCUT2D eigenvalue weighted by Crippen LogP contribution is 2.42. The highest BCUT2D eigenvalue weighted by Gasteiger charge is 2.49. The van der Waals surface area contributed by atoms with Crippen LogP contribution in [0.1, 0.15) is 45.4 Å². The van der Waals surface area contributed by atoms with Crippen molar-refractivity contribution in [1.29, 1.82) is 0 Å². The summed E-state index contributed by atoms with van der Waals surface area (Å²) in [5.74, 6) is -2.06. The van der Waals surface area contributed by atoms with Crippen molar-refractivity contribution in [3.63, 3.8) is 0 Å². The lowest BCUT2D eigenvalue weighted by molar-refractivity contribution is -0.186. The quantitative estimate of drug-likeness (QED) is 0.844. The van der Waals surface area contributed by atoms with E-state index >= 15 is 0 Å². The van der Waals surface area contributed by atoms with Crippen LogP contribution in [0, 0.1) is 5.92 Å². The fourth-order valence-electron chi connectivity index (χ4n) is 3.51. The van der Waals surface area contributed by atoms with Gasteiger partial charge in [0.25, 0.3) is 0 Å². The summed E-state index contributed by atoms with van der Waals surface area (Å²) in [6.07, 6.45) is -1.56. The summed E-state index contributed by atoms with van der Waals surface area (Å²) in [5.41, 5.74) is -0.893. The molecule has 0 amide bonds. The van der Waals surface area contributed by atoms with E-state index in [-0.39, 0.29) is 18.9 Å². The fourth-order valence-corrected chi connectivity index (χ4v) is 3.51. The summed E-state index contributed by atoms with van der Waals surface area (Å²) in [6, 6.07) is -0.0119. The number of hydrogen-bond donors (Lipinski definition) is 1. The molecule has 1 aliphatic carbocycles. The Bertz CT molecular complexity index is 350. The predicted octanol–water partition coefficient (Wildman–Crippen LogP) is 3.05. The van der Waals surface area contributed by atoms with Gasteiger partial charge in [-0.2, -0.15) is 13.2 Å². The summed E-state index contributed by atoms with van der Waals surface area (Å²) >= 11 is 0. The molecular formula is C13H20F3NO2. The molecule has 19 heavy (non-hydrogen) atoms. The zero-order valence-electron chi connectivity index (χ0n) is 11.0. The molecule has 0 bridgehead atoms. The first-order valence-corrected chi connectivity index (χ1v) is 6.82. The molecule has 1 saturated heterocycles. The molecule has 1 atom stereocenters. The molecule has 0 aromatic carbocycles. The molecule has 2 aliphatic rings. The lowest BCUT2D eigenvalue weighted by atomic mass is 9.83. The molecule has 2 fully saturated rings. The number of likely N-dealkylation sites (tertiary alicyclic amines) is 1. The van der Waals surface area contributed by atoms with Crippen molar-refractivity contribution in [2.75, 3.05) is 6.54 Å². The molecule has 3 nitrogen and oxygen atoms in total. The van der Waals surface area contributed by atoms with Crippen LogP contribution in [0.5, 0.6) is 0 Å². The van der Waals surface area contributed by atoms with E-state index in [2.05, 4.69) is 0 Å². The lowest BCUT2D eigenvalue weighted by Gasteiger charge is -2.41. The van der Waals surface area contributed by atoms with Crippen LogP contribution in [0.2, 0.25) is 0 Å². The van der Waals surface area contributed by atoms with Crippen molar-refractivity contribution in [3.8, 4) is 0 Å². The average molecular weight is 279 g/mol. The number of aliphatic carboxylic acids is 1. The van der Waals surface area contributed by atoms with Crippen LogP contribution in [-0.4, -0.2) is 40.3 Å². The van der Waals surface area contributed by atoms with Crippen LogP contribution in [0.25, 0.3) is 0 Å². The van der Waals surface area contributed by atoms with E-state index in [0.29, 0.717) is 25.8 Å². The molecule has 1 aliphatic heterocycles. The van der Waals surface area contributed by atoms with Crippen molar-refractivity contribution in [2.24, 2.45) is 5.92 Å². The number of carbonyl (C=O) groups is 1. The van der Waals surface area contributed by atoms with Gasteiger partial charge in [0.1, 0.15) is 5.54 Å². The molecule has 0 aromatic rings. The Hall–Kier alpha value is -0.780. The minimum atomic E-state index is -4.11. The highest BCUT2D eigenvalue weighted by atomic mass is 19.4. The van der Waals surface area contributed by atoms with Crippen molar-refractivity contribution in [2.45, 2.75) is 63.2 Å². The van der Waals surface area contributed by atoms with Gasteiger partial charge < -0.3 is 5.11 Å². The van der Waals surface area contributed by atoms with E-state index in [0.717, 1.165) is 6.42 Å². The largest absolute Gasteiger partial charge is 0.480 e. The van der Waals surface area contributed by atoms with Gasteiger partial charge in [0.15, 0.2) is 0 Å².